The minimum Gasteiger partial charge on any atom is -0.497 e. The van der Waals surface area contributed by atoms with E-state index in [1.54, 1.807) is 48.1 Å². The molecule has 0 aliphatic rings. The van der Waals surface area contributed by atoms with Crippen molar-refractivity contribution in [3.63, 3.8) is 0 Å². The molecular weight excluding hydrogens is 374 g/mol. The topological polar surface area (TPSA) is 73.2 Å². The quantitative estimate of drug-likeness (QED) is 0.489. The molecule has 3 aromatic rings. The standard InChI is InChI=1S/C21H23N3O3S/c1-4-14(2)22-19(25)13-28-21-23-18-8-6-5-7-17(18)20(26)24(21)15-9-11-16(27-3)12-10-15/h5-12,14H,4,13H2,1-3H3,(H,22,25)/t14-/m1/s1. The smallest absolute Gasteiger partial charge is 0.266 e. The molecule has 3 rings (SSSR count). The summed E-state index contributed by atoms with van der Waals surface area (Å²) in [6, 6.07) is 14.5. The van der Waals surface area contributed by atoms with E-state index < -0.39 is 0 Å². The fourth-order valence-electron chi connectivity index (χ4n) is 2.72. The number of thioether (sulfide) groups is 1. The Kier molecular flexibility index (Phi) is 6.36. The van der Waals surface area contributed by atoms with Crippen molar-refractivity contribution < 1.29 is 9.53 Å². The number of aromatic nitrogens is 2. The third-order valence-electron chi connectivity index (χ3n) is 4.43. The first kappa shape index (κ1) is 19.9. The molecule has 0 fully saturated rings. The molecule has 0 radical (unpaired) electrons. The second-order valence-electron chi connectivity index (χ2n) is 6.42. The van der Waals surface area contributed by atoms with Crippen LogP contribution in [-0.4, -0.2) is 34.4 Å². The highest BCUT2D eigenvalue weighted by molar-refractivity contribution is 7.99. The van der Waals surface area contributed by atoms with Crippen LogP contribution < -0.4 is 15.6 Å². The number of nitrogens with zero attached hydrogens (tertiary/aromatic N) is 2. The van der Waals surface area contributed by atoms with E-state index in [4.69, 9.17) is 4.74 Å². The zero-order valence-electron chi connectivity index (χ0n) is 16.1. The summed E-state index contributed by atoms with van der Waals surface area (Å²) < 4.78 is 6.75. The van der Waals surface area contributed by atoms with Gasteiger partial charge in [-0.1, -0.05) is 30.8 Å². The largest absolute Gasteiger partial charge is 0.497 e. The van der Waals surface area contributed by atoms with E-state index in [0.29, 0.717) is 27.5 Å². The average molecular weight is 398 g/mol. The van der Waals surface area contributed by atoms with Crippen molar-refractivity contribution in [3.8, 4) is 11.4 Å². The van der Waals surface area contributed by atoms with Gasteiger partial charge in [0.1, 0.15) is 5.75 Å². The molecular formula is C21H23N3O3S. The molecule has 2 aromatic carbocycles. The van der Waals surface area contributed by atoms with Crippen LogP contribution in [0.2, 0.25) is 0 Å². The van der Waals surface area contributed by atoms with Crippen LogP contribution in [0.5, 0.6) is 5.75 Å². The van der Waals surface area contributed by atoms with Gasteiger partial charge in [0.2, 0.25) is 5.91 Å². The number of para-hydroxylation sites is 1. The molecule has 0 spiro atoms. The van der Waals surface area contributed by atoms with Gasteiger partial charge in [-0.05, 0) is 49.7 Å². The summed E-state index contributed by atoms with van der Waals surface area (Å²) in [5.41, 5.74) is 1.12. The summed E-state index contributed by atoms with van der Waals surface area (Å²) in [7, 11) is 1.59. The van der Waals surface area contributed by atoms with Crippen molar-refractivity contribution in [2.24, 2.45) is 0 Å². The van der Waals surface area contributed by atoms with Crippen molar-refractivity contribution in [2.75, 3.05) is 12.9 Å². The number of benzene rings is 2. The van der Waals surface area contributed by atoms with Crippen LogP contribution in [0, 0.1) is 0 Å². The van der Waals surface area contributed by atoms with Crippen molar-refractivity contribution in [2.45, 2.75) is 31.5 Å². The summed E-state index contributed by atoms with van der Waals surface area (Å²) in [5.74, 6) is 0.807. The monoisotopic (exact) mass is 397 g/mol. The normalized spacial score (nSPS) is 12.0. The molecule has 0 aliphatic carbocycles. The van der Waals surface area contributed by atoms with E-state index in [1.165, 1.54) is 11.8 Å². The highest BCUT2D eigenvalue weighted by Gasteiger charge is 2.15. The number of carbonyl (C=O) groups is 1. The van der Waals surface area contributed by atoms with Crippen LogP contribution in [0.4, 0.5) is 0 Å². The minimum absolute atomic E-state index is 0.0805. The van der Waals surface area contributed by atoms with E-state index in [9.17, 15) is 9.59 Å². The molecule has 0 aliphatic heterocycles. The Labute approximate surface area is 167 Å². The number of nitrogens with one attached hydrogen (secondary N) is 1. The van der Waals surface area contributed by atoms with Gasteiger partial charge in [0, 0.05) is 6.04 Å². The van der Waals surface area contributed by atoms with Gasteiger partial charge in [0.05, 0.1) is 29.5 Å². The molecule has 28 heavy (non-hydrogen) atoms. The van der Waals surface area contributed by atoms with E-state index in [1.807, 2.05) is 26.0 Å². The molecule has 1 atom stereocenters. The fourth-order valence-corrected chi connectivity index (χ4v) is 3.54. The predicted octanol–water partition coefficient (Wildman–Crippen LogP) is 3.40. The predicted molar refractivity (Wildman–Crippen MR) is 113 cm³/mol. The Morgan fingerprint density at radius 2 is 1.93 bits per heavy atom. The van der Waals surface area contributed by atoms with Gasteiger partial charge in [0.15, 0.2) is 5.16 Å². The van der Waals surface area contributed by atoms with Gasteiger partial charge in [-0.25, -0.2) is 4.98 Å². The first-order valence-corrected chi connectivity index (χ1v) is 10.1. The van der Waals surface area contributed by atoms with Gasteiger partial charge in [-0.2, -0.15) is 0 Å². The van der Waals surface area contributed by atoms with Gasteiger partial charge in [0.25, 0.3) is 5.56 Å². The zero-order chi connectivity index (χ0) is 20.1. The highest BCUT2D eigenvalue weighted by atomic mass is 32.2. The SMILES string of the molecule is CC[C@@H](C)NC(=O)CSc1nc2ccccc2c(=O)n1-c1ccc(OC)cc1. The lowest BCUT2D eigenvalue weighted by Crippen LogP contribution is -2.33. The van der Waals surface area contributed by atoms with Crippen LogP contribution in [0.1, 0.15) is 20.3 Å². The van der Waals surface area contributed by atoms with Crippen molar-refractivity contribution in [3.05, 3.63) is 58.9 Å². The number of rotatable bonds is 7. The summed E-state index contributed by atoms with van der Waals surface area (Å²) in [6.07, 6.45) is 0.862. The Hall–Kier alpha value is -2.80. The molecule has 0 unspecified atom stereocenters. The summed E-state index contributed by atoms with van der Waals surface area (Å²) in [4.78, 5) is 30.0. The third-order valence-corrected chi connectivity index (χ3v) is 5.37. The number of ether oxygens (including phenoxy) is 1. The molecule has 0 saturated heterocycles. The lowest BCUT2D eigenvalue weighted by atomic mass is 10.2. The van der Waals surface area contributed by atoms with E-state index in [0.717, 1.165) is 6.42 Å². The summed E-state index contributed by atoms with van der Waals surface area (Å²) in [6.45, 7) is 3.98. The van der Waals surface area contributed by atoms with Crippen LogP contribution in [0.25, 0.3) is 16.6 Å². The molecule has 1 N–H and O–H groups in total. The van der Waals surface area contributed by atoms with Crippen LogP contribution in [0.15, 0.2) is 58.5 Å². The molecule has 1 aromatic heterocycles. The maximum absolute atomic E-state index is 13.2. The molecule has 0 saturated carbocycles. The number of amides is 1. The van der Waals surface area contributed by atoms with E-state index in [-0.39, 0.29) is 23.3 Å². The van der Waals surface area contributed by atoms with Crippen molar-refractivity contribution in [1.29, 1.82) is 0 Å². The Bertz CT molecular complexity index is 1030. The zero-order valence-corrected chi connectivity index (χ0v) is 17.0. The van der Waals surface area contributed by atoms with Gasteiger partial charge >= 0.3 is 0 Å². The van der Waals surface area contributed by atoms with Crippen molar-refractivity contribution in [1.82, 2.24) is 14.9 Å². The number of hydrogen-bond acceptors (Lipinski definition) is 5. The molecule has 1 heterocycles. The van der Waals surface area contributed by atoms with Crippen LogP contribution in [-0.2, 0) is 4.79 Å². The number of carbonyl (C=O) groups excluding carboxylic acids is 1. The molecule has 0 bridgehead atoms. The van der Waals surface area contributed by atoms with Gasteiger partial charge in [-0.15, -0.1) is 0 Å². The summed E-state index contributed by atoms with van der Waals surface area (Å²) in [5, 5.41) is 3.95. The Morgan fingerprint density at radius 3 is 2.61 bits per heavy atom. The molecule has 146 valence electrons. The Balaban J connectivity index is 2.01. The number of fused-ring (bicyclic) bond motifs is 1. The van der Waals surface area contributed by atoms with Gasteiger partial charge in [-0.3, -0.25) is 14.2 Å². The van der Waals surface area contributed by atoms with E-state index >= 15 is 0 Å². The molecule has 6 nitrogen and oxygen atoms in total. The van der Waals surface area contributed by atoms with Crippen LogP contribution >= 0.6 is 11.8 Å². The maximum Gasteiger partial charge on any atom is 0.266 e. The lowest BCUT2D eigenvalue weighted by molar-refractivity contribution is -0.119. The summed E-state index contributed by atoms with van der Waals surface area (Å²) >= 11 is 1.25. The van der Waals surface area contributed by atoms with Crippen LogP contribution in [0.3, 0.4) is 0 Å². The fraction of sp³-hybridized carbons (Fsp3) is 0.286. The average Bonchev–Trinajstić information content (AvgIpc) is 2.72. The molecule has 7 heteroatoms. The van der Waals surface area contributed by atoms with Gasteiger partial charge < -0.3 is 10.1 Å². The minimum atomic E-state index is -0.166. The number of methoxy groups -OCH3 is 1. The van der Waals surface area contributed by atoms with Crippen molar-refractivity contribution >= 4 is 28.6 Å². The third kappa shape index (κ3) is 4.36. The second kappa shape index (κ2) is 8.93. The number of hydrogen-bond donors (Lipinski definition) is 1. The maximum atomic E-state index is 13.2. The molecule has 1 amide bonds. The van der Waals surface area contributed by atoms with E-state index in [2.05, 4.69) is 10.3 Å². The highest BCUT2D eigenvalue weighted by Crippen LogP contribution is 2.22. The first-order chi connectivity index (χ1) is 13.5. The Morgan fingerprint density at radius 1 is 1.21 bits per heavy atom. The lowest BCUT2D eigenvalue weighted by Gasteiger charge is -2.14. The second-order valence-corrected chi connectivity index (χ2v) is 7.36. The first-order valence-electron chi connectivity index (χ1n) is 9.12.